The van der Waals surface area contributed by atoms with Crippen LogP contribution in [0.15, 0.2) is 48.5 Å². The molecule has 0 N–H and O–H groups in total. The van der Waals surface area contributed by atoms with Gasteiger partial charge in [-0.1, -0.05) is 6.07 Å². The van der Waals surface area contributed by atoms with Gasteiger partial charge in [0.25, 0.3) is 0 Å². The van der Waals surface area contributed by atoms with Crippen molar-refractivity contribution in [3.8, 4) is 17.5 Å². The molecule has 148 valence electrons. The van der Waals surface area contributed by atoms with Crippen LogP contribution < -0.4 is 9.64 Å². The Bertz CT molecular complexity index is 1030. The number of ether oxygens (including phenoxy) is 2. The highest BCUT2D eigenvalue weighted by Crippen LogP contribution is 2.24. The second-order valence-corrected chi connectivity index (χ2v) is 7.11. The second kappa shape index (κ2) is 8.38. The molecule has 2 heterocycles. The van der Waals surface area contributed by atoms with Crippen molar-refractivity contribution >= 4 is 5.69 Å². The Hall–Kier alpha value is -3.30. The Morgan fingerprint density at radius 2 is 1.83 bits per heavy atom. The molecular weight excluding hydrogens is 364 g/mol. The number of aryl methyl sites for hydroxylation is 1. The summed E-state index contributed by atoms with van der Waals surface area (Å²) in [5, 5.41) is 13.7. The van der Waals surface area contributed by atoms with Gasteiger partial charge in [0.15, 0.2) is 0 Å². The summed E-state index contributed by atoms with van der Waals surface area (Å²) in [6.07, 6.45) is 0. The second-order valence-electron chi connectivity index (χ2n) is 7.11. The predicted octanol–water partition coefficient (Wildman–Crippen LogP) is 3.78. The Morgan fingerprint density at radius 1 is 1.07 bits per heavy atom. The summed E-state index contributed by atoms with van der Waals surface area (Å²) >= 11 is 0. The first kappa shape index (κ1) is 19.0. The van der Waals surface area contributed by atoms with E-state index in [4.69, 9.17) is 14.7 Å². The minimum atomic E-state index is 0.459. The van der Waals surface area contributed by atoms with E-state index in [0.29, 0.717) is 12.2 Å². The van der Waals surface area contributed by atoms with Gasteiger partial charge in [0, 0.05) is 36.1 Å². The van der Waals surface area contributed by atoms with Crippen LogP contribution in [0.1, 0.15) is 22.5 Å². The molecule has 0 spiro atoms. The first-order valence-corrected chi connectivity index (χ1v) is 9.77. The lowest BCUT2D eigenvalue weighted by Crippen LogP contribution is -2.36. The first-order valence-electron chi connectivity index (χ1n) is 9.77. The third kappa shape index (κ3) is 4.10. The molecule has 0 aliphatic carbocycles. The predicted molar refractivity (Wildman–Crippen MR) is 112 cm³/mol. The lowest BCUT2D eigenvalue weighted by molar-refractivity contribution is 0.122. The third-order valence-corrected chi connectivity index (χ3v) is 5.26. The number of anilines is 1. The number of hydrogen-bond acceptors (Lipinski definition) is 5. The van der Waals surface area contributed by atoms with E-state index in [0.717, 1.165) is 60.4 Å². The average Bonchev–Trinajstić information content (AvgIpc) is 3.06. The molecule has 0 amide bonds. The minimum absolute atomic E-state index is 0.459. The van der Waals surface area contributed by atoms with E-state index in [-0.39, 0.29) is 0 Å². The zero-order valence-corrected chi connectivity index (χ0v) is 16.8. The number of hydrogen-bond donors (Lipinski definition) is 0. The van der Waals surface area contributed by atoms with Crippen molar-refractivity contribution in [1.29, 1.82) is 5.26 Å². The summed E-state index contributed by atoms with van der Waals surface area (Å²) in [4.78, 5) is 2.32. The fourth-order valence-corrected chi connectivity index (χ4v) is 3.56. The molecule has 0 bridgehead atoms. The van der Waals surface area contributed by atoms with Crippen molar-refractivity contribution in [2.75, 3.05) is 31.2 Å². The maximum absolute atomic E-state index is 8.98. The van der Waals surface area contributed by atoms with Crippen LogP contribution in [0.3, 0.4) is 0 Å². The van der Waals surface area contributed by atoms with Crippen molar-refractivity contribution in [3.05, 3.63) is 71.0 Å². The summed E-state index contributed by atoms with van der Waals surface area (Å²) in [7, 11) is 0. The summed E-state index contributed by atoms with van der Waals surface area (Å²) in [6.45, 7) is 7.83. The molecule has 6 nitrogen and oxygen atoms in total. The van der Waals surface area contributed by atoms with E-state index in [1.807, 2.05) is 42.8 Å². The summed E-state index contributed by atoms with van der Waals surface area (Å²) in [6, 6.07) is 17.8. The van der Waals surface area contributed by atoms with Crippen molar-refractivity contribution in [2.45, 2.75) is 20.5 Å². The van der Waals surface area contributed by atoms with Crippen molar-refractivity contribution in [1.82, 2.24) is 9.78 Å². The first-order chi connectivity index (χ1) is 14.2. The highest BCUT2D eigenvalue weighted by molar-refractivity contribution is 5.51. The summed E-state index contributed by atoms with van der Waals surface area (Å²) in [5.74, 6) is 0.846. The number of benzene rings is 2. The highest BCUT2D eigenvalue weighted by atomic mass is 16.5. The molecule has 4 rings (SSSR count). The van der Waals surface area contributed by atoms with E-state index in [2.05, 4.69) is 28.2 Å². The van der Waals surface area contributed by atoms with Crippen LogP contribution in [-0.4, -0.2) is 36.1 Å². The molecule has 1 fully saturated rings. The molecule has 0 atom stereocenters. The van der Waals surface area contributed by atoms with Crippen molar-refractivity contribution < 1.29 is 9.47 Å². The van der Waals surface area contributed by atoms with E-state index < -0.39 is 0 Å². The molecular formula is C23H24N4O2. The molecule has 6 heteroatoms. The zero-order chi connectivity index (χ0) is 20.2. The Morgan fingerprint density at radius 3 is 2.55 bits per heavy atom. The molecule has 0 unspecified atom stereocenters. The van der Waals surface area contributed by atoms with Gasteiger partial charge in [-0.2, -0.15) is 10.4 Å². The lowest BCUT2D eigenvalue weighted by atomic mass is 10.2. The van der Waals surface area contributed by atoms with E-state index in [1.54, 1.807) is 12.1 Å². The maximum atomic E-state index is 8.98. The van der Waals surface area contributed by atoms with Crippen LogP contribution in [0.2, 0.25) is 0 Å². The lowest BCUT2D eigenvalue weighted by Gasteiger charge is -2.29. The van der Waals surface area contributed by atoms with Crippen LogP contribution in [0.25, 0.3) is 5.69 Å². The van der Waals surface area contributed by atoms with Gasteiger partial charge in [-0.05, 0) is 50.2 Å². The van der Waals surface area contributed by atoms with Gasteiger partial charge in [-0.15, -0.1) is 0 Å². The monoisotopic (exact) mass is 388 g/mol. The van der Waals surface area contributed by atoms with Gasteiger partial charge >= 0.3 is 0 Å². The van der Waals surface area contributed by atoms with E-state index in [9.17, 15) is 0 Å². The van der Waals surface area contributed by atoms with Crippen LogP contribution in [0, 0.1) is 25.2 Å². The largest absolute Gasteiger partial charge is 0.489 e. The molecule has 0 radical (unpaired) electrons. The number of nitrogens with zero attached hydrogens (tertiary/aromatic N) is 4. The molecule has 29 heavy (non-hydrogen) atoms. The van der Waals surface area contributed by atoms with Crippen LogP contribution in [0.4, 0.5) is 5.69 Å². The van der Waals surface area contributed by atoms with Crippen LogP contribution in [-0.2, 0) is 11.3 Å². The normalized spacial score (nSPS) is 13.9. The van der Waals surface area contributed by atoms with Gasteiger partial charge < -0.3 is 14.4 Å². The number of rotatable bonds is 5. The standard InChI is InChI=1S/C23H24N4O2/c1-17-23(18(2)27(25-17)20-8-6-19(15-24)7-9-20)16-29-22-5-3-4-21(14-22)26-10-12-28-13-11-26/h3-9,14H,10-13,16H2,1-2H3. The molecule has 3 aromatic rings. The topological polar surface area (TPSA) is 63.3 Å². The quantitative estimate of drug-likeness (QED) is 0.666. The fourth-order valence-electron chi connectivity index (χ4n) is 3.56. The molecule has 1 saturated heterocycles. The molecule has 1 aromatic heterocycles. The van der Waals surface area contributed by atoms with E-state index in [1.165, 1.54) is 0 Å². The summed E-state index contributed by atoms with van der Waals surface area (Å²) in [5.41, 5.74) is 5.79. The minimum Gasteiger partial charge on any atom is -0.489 e. The SMILES string of the molecule is Cc1nn(-c2ccc(C#N)cc2)c(C)c1COc1cccc(N2CCOCC2)c1. The van der Waals surface area contributed by atoms with Gasteiger partial charge in [-0.3, -0.25) is 0 Å². The van der Waals surface area contributed by atoms with Gasteiger partial charge in [0.05, 0.1) is 36.2 Å². The van der Waals surface area contributed by atoms with Crippen LogP contribution >= 0.6 is 0 Å². The van der Waals surface area contributed by atoms with Crippen molar-refractivity contribution in [2.24, 2.45) is 0 Å². The number of morpholine rings is 1. The molecule has 1 aliphatic heterocycles. The molecule has 2 aromatic carbocycles. The average molecular weight is 388 g/mol. The van der Waals surface area contributed by atoms with E-state index >= 15 is 0 Å². The highest BCUT2D eigenvalue weighted by Gasteiger charge is 2.15. The smallest absolute Gasteiger partial charge is 0.121 e. The van der Waals surface area contributed by atoms with Crippen LogP contribution in [0.5, 0.6) is 5.75 Å². The zero-order valence-electron chi connectivity index (χ0n) is 16.8. The number of nitriles is 1. The van der Waals surface area contributed by atoms with Gasteiger partial charge in [0.2, 0.25) is 0 Å². The maximum Gasteiger partial charge on any atom is 0.121 e. The Balaban J connectivity index is 1.50. The Kier molecular flexibility index (Phi) is 5.50. The Labute approximate surface area is 170 Å². The third-order valence-electron chi connectivity index (χ3n) is 5.26. The summed E-state index contributed by atoms with van der Waals surface area (Å²) < 4.78 is 13.5. The molecule has 1 aliphatic rings. The number of aromatic nitrogens is 2. The van der Waals surface area contributed by atoms with Gasteiger partial charge in [-0.25, -0.2) is 4.68 Å². The van der Waals surface area contributed by atoms with Gasteiger partial charge in [0.1, 0.15) is 12.4 Å². The fraction of sp³-hybridized carbons (Fsp3) is 0.304. The van der Waals surface area contributed by atoms with Crippen molar-refractivity contribution in [3.63, 3.8) is 0 Å². The molecule has 0 saturated carbocycles.